The van der Waals surface area contributed by atoms with Gasteiger partial charge >= 0.3 is 0 Å². The minimum atomic E-state index is 0.882. The van der Waals surface area contributed by atoms with Crippen molar-refractivity contribution in [3.05, 3.63) is 11.6 Å². The van der Waals surface area contributed by atoms with Crippen LogP contribution in [0, 0.1) is 23.7 Å². The monoisotopic (exact) mass is 350 g/mol. The molecular weight excluding hydrogens is 300 g/mol. The summed E-state index contributed by atoms with van der Waals surface area (Å²) in [5, 5.41) is 0. The van der Waals surface area contributed by atoms with Gasteiger partial charge in [0.05, 0.1) is 0 Å². The molecule has 0 saturated heterocycles. The van der Waals surface area contributed by atoms with Crippen molar-refractivity contribution in [1.29, 1.82) is 0 Å². The van der Waals surface area contributed by atoms with E-state index in [0.717, 1.165) is 23.7 Å². The first-order valence-corrected chi connectivity index (χ1v) is 11.6. The molecule has 0 aliphatic heterocycles. The smallest absolute Gasteiger partial charge is 0.0292 e. The molecule has 25 heavy (non-hydrogen) atoms. The molecule has 0 aromatic heterocycles. The molecule has 0 spiro atoms. The molecule has 0 rings (SSSR count). The highest BCUT2D eigenvalue weighted by molar-refractivity contribution is 4.99. The molecule has 0 amide bonds. The second-order valence-corrected chi connectivity index (χ2v) is 8.92. The lowest BCUT2D eigenvalue weighted by atomic mass is 9.80. The highest BCUT2D eigenvalue weighted by atomic mass is 14.2. The van der Waals surface area contributed by atoms with E-state index in [0.29, 0.717) is 0 Å². The maximum atomic E-state index is 2.54. The van der Waals surface area contributed by atoms with Crippen LogP contribution >= 0.6 is 0 Å². The second-order valence-electron chi connectivity index (χ2n) is 8.92. The molecule has 0 radical (unpaired) electrons. The molecule has 0 N–H and O–H groups in total. The lowest BCUT2D eigenvalue weighted by molar-refractivity contribution is 0.280. The minimum absolute atomic E-state index is 0.882. The Labute approximate surface area is 161 Å². The maximum Gasteiger partial charge on any atom is -0.0292 e. The van der Waals surface area contributed by atoms with Crippen molar-refractivity contribution >= 4 is 0 Å². The lowest BCUT2D eigenvalue weighted by Crippen LogP contribution is -2.14. The Bertz CT molecular complexity index is 314. The van der Waals surface area contributed by atoms with Crippen molar-refractivity contribution in [2.45, 2.75) is 126 Å². The average molecular weight is 351 g/mol. The quantitative estimate of drug-likeness (QED) is 0.192. The van der Waals surface area contributed by atoms with Crippen LogP contribution in [0.1, 0.15) is 126 Å². The first kappa shape index (κ1) is 24.7. The first-order chi connectivity index (χ1) is 12.0. The van der Waals surface area contributed by atoms with Crippen LogP contribution in [0.15, 0.2) is 11.6 Å². The van der Waals surface area contributed by atoms with Gasteiger partial charge in [-0.3, -0.25) is 0 Å². The summed E-state index contributed by atoms with van der Waals surface area (Å²) in [4.78, 5) is 0. The topological polar surface area (TPSA) is 0 Å². The van der Waals surface area contributed by atoms with Gasteiger partial charge in [0.15, 0.2) is 0 Å². The van der Waals surface area contributed by atoms with Crippen molar-refractivity contribution in [1.82, 2.24) is 0 Å². The molecule has 0 aliphatic rings. The zero-order valence-corrected chi connectivity index (χ0v) is 18.9. The van der Waals surface area contributed by atoms with Gasteiger partial charge in [0.25, 0.3) is 0 Å². The van der Waals surface area contributed by atoms with Gasteiger partial charge in [-0.25, -0.2) is 0 Å². The normalized spacial score (nSPS) is 17.3. The third-order valence-corrected chi connectivity index (χ3v) is 6.53. The van der Waals surface area contributed by atoms with Crippen LogP contribution in [0.3, 0.4) is 0 Å². The summed E-state index contributed by atoms with van der Waals surface area (Å²) in [6, 6.07) is 0. The summed E-state index contributed by atoms with van der Waals surface area (Å²) in [5.41, 5.74) is 1.65. The third-order valence-electron chi connectivity index (χ3n) is 6.53. The van der Waals surface area contributed by atoms with E-state index in [4.69, 9.17) is 0 Å². The average Bonchev–Trinajstić information content (AvgIpc) is 2.59. The van der Waals surface area contributed by atoms with Crippen LogP contribution in [-0.4, -0.2) is 0 Å². The van der Waals surface area contributed by atoms with Gasteiger partial charge in [-0.05, 0) is 56.3 Å². The molecule has 150 valence electrons. The SMILES string of the molecule is CCCCCCC=C(C)CC(CCCC(C)C(C)CC)C(C)CCC. The van der Waals surface area contributed by atoms with E-state index in [9.17, 15) is 0 Å². The number of unbranched alkanes of at least 4 members (excludes halogenated alkanes) is 4. The summed E-state index contributed by atoms with van der Waals surface area (Å²) in [5.74, 6) is 3.56. The summed E-state index contributed by atoms with van der Waals surface area (Å²) in [6.45, 7) is 16.7. The minimum Gasteiger partial charge on any atom is -0.0856 e. The molecule has 4 unspecified atom stereocenters. The van der Waals surface area contributed by atoms with E-state index < -0.39 is 0 Å². The van der Waals surface area contributed by atoms with E-state index in [1.807, 2.05) is 0 Å². The van der Waals surface area contributed by atoms with Crippen molar-refractivity contribution in [2.24, 2.45) is 23.7 Å². The number of rotatable bonds is 16. The Morgan fingerprint density at radius 3 is 2.04 bits per heavy atom. The van der Waals surface area contributed by atoms with E-state index in [-0.39, 0.29) is 0 Å². The number of allylic oxidation sites excluding steroid dienone is 2. The highest BCUT2D eigenvalue weighted by Crippen LogP contribution is 2.31. The van der Waals surface area contributed by atoms with Crippen LogP contribution in [0.5, 0.6) is 0 Å². The van der Waals surface area contributed by atoms with E-state index in [1.54, 1.807) is 5.57 Å². The largest absolute Gasteiger partial charge is 0.0856 e. The van der Waals surface area contributed by atoms with Crippen LogP contribution in [-0.2, 0) is 0 Å². The molecule has 0 aromatic carbocycles. The third kappa shape index (κ3) is 12.7. The maximum absolute atomic E-state index is 2.54. The van der Waals surface area contributed by atoms with E-state index in [2.05, 4.69) is 54.5 Å². The fourth-order valence-corrected chi connectivity index (χ4v) is 4.08. The predicted molar refractivity (Wildman–Crippen MR) is 117 cm³/mol. The molecule has 0 aromatic rings. The van der Waals surface area contributed by atoms with Crippen molar-refractivity contribution < 1.29 is 0 Å². The summed E-state index contributed by atoms with van der Waals surface area (Å²) < 4.78 is 0. The second kappa shape index (κ2) is 16.0. The number of hydrogen-bond donors (Lipinski definition) is 0. The molecular formula is C25H50. The summed E-state index contributed by atoms with van der Waals surface area (Å²) in [7, 11) is 0. The fourth-order valence-electron chi connectivity index (χ4n) is 4.08. The Kier molecular flexibility index (Phi) is 15.8. The molecule has 0 bridgehead atoms. The highest BCUT2D eigenvalue weighted by Gasteiger charge is 2.18. The van der Waals surface area contributed by atoms with Crippen molar-refractivity contribution in [3.8, 4) is 0 Å². The molecule has 0 fully saturated rings. The Hall–Kier alpha value is -0.260. The molecule has 0 saturated carbocycles. The summed E-state index contributed by atoms with van der Waals surface area (Å²) in [6.07, 6.45) is 19.1. The Balaban J connectivity index is 4.39. The molecule has 0 aliphatic carbocycles. The van der Waals surface area contributed by atoms with Crippen molar-refractivity contribution in [2.75, 3.05) is 0 Å². The van der Waals surface area contributed by atoms with E-state index >= 15 is 0 Å². The van der Waals surface area contributed by atoms with Gasteiger partial charge in [0.1, 0.15) is 0 Å². The zero-order valence-electron chi connectivity index (χ0n) is 18.9. The van der Waals surface area contributed by atoms with E-state index in [1.165, 1.54) is 77.0 Å². The molecule has 0 heteroatoms. The standard InChI is InChI=1S/C25H50/c1-8-11-12-13-14-17-21(4)20-25(24(7)16-9-2)19-15-18-23(6)22(5)10-3/h17,22-25H,8-16,18-20H2,1-7H3. The first-order valence-electron chi connectivity index (χ1n) is 11.6. The lowest BCUT2D eigenvalue weighted by Gasteiger charge is -2.26. The van der Waals surface area contributed by atoms with Crippen LogP contribution in [0.25, 0.3) is 0 Å². The van der Waals surface area contributed by atoms with Gasteiger partial charge in [-0.1, -0.05) is 105 Å². The van der Waals surface area contributed by atoms with Gasteiger partial charge in [-0.15, -0.1) is 0 Å². The van der Waals surface area contributed by atoms with Crippen LogP contribution < -0.4 is 0 Å². The molecule has 4 atom stereocenters. The fraction of sp³-hybridized carbons (Fsp3) is 0.920. The van der Waals surface area contributed by atoms with Crippen molar-refractivity contribution in [3.63, 3.8) is 0 Å². The zero-order chi connectivity index (χ0) is 19.1. The number of hydrogen-bond acceptors (Lipinski definition) is 0. The predicted octanol–water partition coefficient (Wildman–Crippen LogP) is 9.20. The van der Waals surface area contributed by atoms with Gasteiger partial charge in [0.2, 0.25) is 0 Å². The van der Waals surface area contributed by atoms with Gasteiger partial charge in [-0.2, -0.15) is 0 Å². The summed E-state index contributed by atoms with van der Waals surface area (Å²) >= 11 is 0. The van der Waals surface area contributed by atoms with Gasteiger partial charge in [0, 0.05) is 0 Å². The molecule has 0 heterocycles. The van der Waals surface area contributed by atoms with Crippen LogP contribution in [0.2, 0.25) is 0 Å². The van der Waals surface area contributed by atoms with Crippen LogP contribution in [0.4, 0.5) is 0 Å². The Morgan fingerprint density at radius 2 is 1.44 bits per heavy atom. The Morgan fingerprint density at radius 1 is 0.720 bits per heavy atom. The van der Waals surface area contributed by atoms with Gasteiger partial charge < -0.3 is 0 Å². The molecule has 0 nitrogen and oxygen atoms in total.